The normalized spacial score (nSPS) is 17.0. The van der Waals surface area contributed by atoms with Gasteiger partial charge in [-0.15, -0.1) is 11.3 Å². The maximum absolute atomic E-state index is 12.7. The number of hydrogen-bond acceptors (Lipinski definition) is 6. The minimum absolute atomic E-state index is 0.0920. The molecule has 1 saturated heterocycles. The van der Waals surface area contributed by atoms with Gasteiger partial charge in [-0.2, -0.15) is 0 Å². The van der Waals surface area contributed by atoms with Crippen LogP contribution in [0.5, 0.6) is 5.75 Å². The number of aryl methyl sites for hydroxylation is 1. The van der Waals surface area contributed by atoms with E-state index in [-0.39, 0.29) is 5.91 Å². The lowest BCUT2D eigenvalue weighted by molar-refractivity contribution is -0.117. The first kappa shape index (κ1) is 23.0. The predicted octanol–water partition coefficient (Wildman–Crippen LogP) is 3.01. The molecule has 172 valence electrons. The quantitative estimate of drug-likeness (QED) is 0.611. The number of rotatable bonds is 8. The van der Waals surface area contributed by atoms with E-state index >= 15 is 0 Å². The van der Waals surface area contributed by atoms with Crippen LogP contribution >= 0.6 is 22.9 Å². The van der Waals surface area contributed by atoms with E-state index in [9.17, 15) is 9.59 Å². The molecule has 1 aliphatic carbocycles. The van der Waals surface area contributed by atoms with Crippen molar-refractivity contribution >= 4 is 39.8 Å². The van der Waals surface area contributed by atoms with Crippen LogP contribution in [-0.4, -0.2) is 67.5 Å². The van der Waals surface area contributed by atoms with Crippen molar-refractivity contribution in [2.75, 3.05) is 51.2 Å². The minimum Gasteiger partial charge on any atom is -0.492 e. The molecular formula is C23H29ClN4O3S. The van der Waals surface area contributed by atoms with Gasteiger partial charge >= 0.3 is 0 Å². The van der Waals surface area contributed by atoms with E-state index in [0.29, 0.717) is 28.7 Å². The van der Waals surface area contributed by atoms with Gasteiger partial charge in [-0.25, -0.2) is 0 Å². The number of nitrogens with two attached hydrogens (primary N) is 1. The molecule has 9 heteroatoms. The molecule has 1 aliphatic heterocycles. The van der Waals surface area contributed by atoms with Crippen molar-refractivity contribution in [1.29, 1.82) is 0 Å². The molecule has 0 spiro atoms. The number of amides is 2. The van der Waals surface area contributed by atoms with Crippen molar-refractivity contribution in [2.24, 2.45) is 5.73 Å². The Bertz CT molecular complexity index is 955. The number of anilines is 1. The molecule has 2 aromatic rings. The molecule has 32 heavy (non-hydrogen) atoms. The molecule has 2 amide bonds. The monoisotopic (exact) mass is 476 g/mol. The fourth-order valence-corrected chi connectivity index (χ4v) is 5.72. The Morgan fingerprint density at radius 2 is 1.75 bits per heavy atom. The van der Waals surface area contributed by atoms with Crippen molar-refractivity contribution in [1.82, 2.24) is 9.80 Å². The summed E-state index contributed by atoms with van der Waals surface area (Å²) in [6.45, 7) is 5.17. The van der Waals surface area contributed by atoms with E-state index < -0.39 is 5.91 Å². The Labute approximate surface area is 197 Å². The molecule has 1 aromatic heterocycles. The lowest BCUT2D eigenvalue weighted by Crippen LogP contribution is -2.49. The van der Waals surface area contributed by atoms with Crippen molar-refractivity contribution in [3.8, 4) is 5.75 Å². The number of piperazine rings is 1. The zero-order valence-corrected chi connectivity index (χ0v) is 19.6. The lowest BCUT2D eigenvalue weighted by atomic mass is 9.95. The van der Waals surface area contributed by atoms with E-state index in [1.165, 1.54) is 16.2 Å². The summed E-state index contributed by atoms with van der Waals surface area (Å²) >= 11 is 7.40. The second kappa shape index (κ2) is 10.7. The number of hydrogen-bond donors (Lipinski definition) is 2. The first-order valence-electron chi connectivity index (χ1n) is 11.1. The molecular weight excluding hydrogens is 448 g/mol. The van der Waals surface area contributed by atoms with Crippen molar-refractivity contribution in [3.05, 3.63) is 45.3 Å². The SMILES string of the molecule is NC(=O)c1c(NC(=O)CN2CCN(CCOc3ccc(Cl)cc3)CC2)sc2c1CCCC2. The molecule has 2 aliphatic rings. The lowest BCUT2D eigenvalue weighted by Gasteiger charge is -2.34. The largest absolute Gasteiger partial charge is 0.492 e. The van der Waals surface area contributed by atoms with E-state index in [1.54, 1.807) is 0 Å². The fraction of sp³-hybridized carbons (Fsp3) is 0.478. The molecule has 7 nitrogen and oxygen atoms in total. The maximum atomic E-state index is 12.7. The number of ether oxygens (including phenoxy) is 1. The number of thiophene rings is 1. The molecule has 0 bridgehead atoms. The minimum atomic E-state index is -0.450. The van der Waals surface area contributed by atoms with E-state index in [0.717, 1.165) is 69.7 Å². The van der Waals surface area contributed by atoms with Crippen molar-refractivity contribution in [3.63, 3.8) is 0 Å². The molecule has 4 rings (SSSR count). The molecule has 1 fully saturated rings. The third-order valence-electron chi connectivity index (χ3n) is 5.99. The third kappa shape index (κ3) is 5.81. The number of fused-ring (bicyclic) bond motifs is 1. The number of carbonyl (C=O) groups is 2. The summed E-state index contributed by atoms with van der Waals surface area (Å²) in [7, 11) is 0. The highest BCUT2D eigenvalue weighted by Gasteiger charge is 2.26. The first-order chi connectivity index (χ1) is 15.5. The van der Waals surface area contributed by atoms with Gasteiger partial charge < -0.3 is 15.8 Å². The Balaban J connectivity index is 1.21. The number of primary amides is 1. The van der Waals surface area contributed by atoms with Gasteiger partial charge in [0.1, 0.15) is 17.4 Å². The van der Waals surface area contributed by atoms with Crippen LogP contribution in [0.2, 0.25) is 5.02 Å². The van der Waals surface area contributed by atoms with Gasteiger partial charge in [-0.1, -0.05) is 11.6 Å². The third-order valence-corrected chi connectivity index (χ3v) is 7.45. The van der Waals surface area contributed by atoms with Crippen LogP contribution in [0.3, 0.4) is 0 Å². The zero-order chi connectivity index (χ0) is 22.5. The van der Waals surface area contributed by atoms with Gasteiger partial charge in [0.2, 0.25) is 5.91 Å². The zero-order valence-electron chi connectivity index (χ0n) is 18.1. The average Bonchev–Trinajstić information content (AvgIpc) is 3.14. The second-order valence-electron chi connectivity index (χ2n) is 8.25. The predicted molar refractivity (Wildman–Crippen MR) is 128 cm³/mol. The van der Waals surface area contributed by atoms with E-state index in [2.05, 4.69) is 15.1 Å². The van der Waals surface area contributed by atoms with Gasteiger partial charge in [-0.05, 0) is 55.5 Å². The topological polar surface area (TPSA) is 87.9 Å². The van der Waals surface area contributed by atoms with Crippen molar-refractivity contribution in [2.45, 2.75) is 25.7 Å². The standard InChI is InChI=1S/C23H29ClN4O3S/c24-16-5-7-17(8-6-16)31-14-13-27-9-11-28(12-10-27)15-20(29)26-23-21(22(25)30)18-3-1-2-4-19(18)32-23/h5-8H,1-4,9-15H2,(H2,25,30)(H,26,29). The van der Waals surface area contributed by atoms with Gasteiger partial charge in [0, 0.05) is 42.6 Å². The summed E-state index contributed by atoms with van der Waals surface area (Å²) in [5, 5.41) is 4.27. The molecule has 0 unspecified atom stereocenters. The summed E-state index contributed by atoms with van der Waals surface area (Å²) in [5.41, 5.74) is 7.18. The maximum Gasteiger partial charge on any atom is 0.251 e. The molecule has 3 N–H and O–H groups in total. The summed E-state index contributed by atoms with van der Waals surface area (Å²) in [6, 6.07) is 7.37. The summed E-state index contributed by atoms with van der Waals surface area (Å²) < 4.78 is 5.77. The molecule has 0 radical (unpaired) electrons. The summed E-state index contributed by atoms with van der Waals surface area (Å²) in [5.74, 6) is 0.273. The summed E-state index contributed by atoms with van der Waals surface area (Å²) in [6.07, 6.45) is 4.00. The average molecular weight is 477 g/mol. The number of carbonyl (C=O) groups excluding carboxylic acids is 2. The van der Waals surface area contributed by atoms with Gasteiger partial charge in [0.05, 0.1) is 12.1 Å². The Kier molecular flexibility index (Phi) is 7.67. The molecule has 0 atom stereocenters. The van der Waals surface area contributed by atoms with Crippen LogP contribution in [0.4, 0.5) is 5.00 Å². The summed E-state index contributed by atoms with van der Waals surface area (Å²) in [4.78, 5) is 30.3. The Morgan fingerprint density at radius 3 is 2.47 bits per heavy atom. The number of nitrogens with one attached hydrogen (secondary N) is 1. The Hall–Kier alpha value is -2.13. The van der Waals surface area contributed by atoms with Gasteiger partial charge in [0.15, 0.2) is 0 Å². The van der Waals surface area contributed by atoms with Crippen molar-refractivity contribution < 1.29 is 14.3 Å². The molecule has 2 heterocycles. The van der Waals surface area contributed by atoms with Gasteiger partial charge in [-0.3, -0.25) is 19.4 Å². The highest BCUT2D eigenvalue weighted by atomic mass is 35.5. The number of benzene rings is 1. The van der Waals surface area contributed by atoms with Crippen LogP contribution in [0.25, 0.3) is 0 Å². The fourth-order valence-electron chi connectivity index (χ4n) is 4.28. The number of nitrogens with zero attached hydrogens (tertiary/aromatic N) is 2. The van der Waals surface area contributed by atoms with Crippen LogP contribution in [-0.2, 0) is 17.6 Å². The van der Waals surface area contributed by atoms with Crippen LogP contribution in [0.1, 0.15) is 33.6 Å². The highest BCUT2D eigenvalue weighted by molar-refractivity contribution is 7.17. The van der Waals surface area contributed by atoms with E-state index in [4.69, 9.17) is 22.1 Å². The van der Waals surface area contributed by atoms with Crippen LogP contribution < -0.4 is 15.8 Å². The highest BCUT2D eigenvalue weighted by Crippen LogP contribution is 2.37. The first-order valence-corrected chi connectivity index (χ1v) is 12.3. The molecule has 1 aromatic carbocycles. The number of halogens is 1. The Morgan fingerprint density at radius 1 is 1.06 bits per heavy atom. The van der Waals surface area contributed by atoms with Gasteiger partial charge in [0.25, 0.3) is 5.91 Å². The second-order valence-corrected chi connectivity index (χ2v) is 9.79. The smallest absolute Gasteiger partial charge is 0.251 e. The van der Waals surface area contributed by atoms with Crippen LogP contribution in [0.15, 0.2) is 24.3 Å². The van der Waals surface area contributed by atoms with E-state index in [1.807, 2.05) is 24.3 Å². The van der Waals surface area contributed by atoms with Crippen LogP contribution in [0, 0.1) is 0 Å². The molecule has 0 saturated carbocycles.